The van der Waals surface area contributed by atoms with Crippen molar-refractivity contribution in [1.29, 1.82) is 0 Å². The largest absolute Gasteiger partial charge is 0.196 e. The molecule has 0 bridgehead atoms. The Morgan fingerprint density at radius 2 is 1.48 bits per heavy atom. The summed E-state index contributed by atoms with van der Waals surface area (Å²) in [7, 11) is 0. The van der Waals surface area contributed by atoms with Gasteiger partial charge >= 0.3 is 0 Å². The zero-order valence-electron chi connectivity index (χ0n) is 15.8. The summed E-state index contributed by atoms with van der Waals surface area (Å²) < 4.78 is 0. The summed E-state index contributed by atoms with van der Waals surface area (Å²) in [5.74, 6) is 0.595. The Balaban J connectivity index is 0.000000224. The van der Waals surface area contributed by atoms with E-state index >= 15 is 0 Å². The third-order valence-electron chi connectivity index (χ3n) is 5.78. The summed E-state index contributed by atoms with van der Waals surface area (Å²) in [6, 6.07) is 9.57. The van der Waals surface area contributed by atoms with E-state index in [1.54, 1.807) is 0 Å². The van der Waals surface area contributed by atoms with E-state index in [-0.39, 0.29) is 25.8 Å². The van der Waals surface area contributed by atoms with E-state index in [2.05, 4.69) is 73.6 Å². The Bertz CT molecular complexity index is 648. The van der Waals surface area contributed by atoms with Crippen molar-refractivity contribution < 1.29 is 25.8 Å². The van der Waals surface area contributed by atoms with E-state index in [0.717, 1.165) is 0 Å². The second-order valence-electron chi connectivity index (χ2n) is 6.66. The molecule has 0 nitrogen and oxygen atoms in total. The molecule has 1 aliphatic carbocycles. The van der Waals surface area contributed by atoms with Crippen LogP contribution >= 0.6 is 0 Å². The molecule has 3 rings (SSSR count). The van der Waals surface area contributed by atoms with Gasteiger partial charge in [-0.05, 0) is 5.92 Å². The molecule has 23 heavy (non-hydrogen) atoms. The predicted molar refractivity (Wildman–Crippen MR) is 97.7 cm³/mol. The predicted octanol–water partition coefficient (Wildman–Crippen LogP) is 6.34. The Kier molecular flexibility index (Phi) is 6.89. The van der Waals surface area contributed by atoms with Crippen LogP contribution in [0.2, 0.25) is 0 Å². The molecule has 1 heteroatoms. The fraction of sp³-hybridized carbons (Fsp3) is 0.409. The van der Waals surface area contributed by atoms with Gasteiger partial charge in [0.25, 0.3) is 0 Å². The van der Waals surface area contributed by atoms with Crippen LogP contribution in [0.1, 0.15) is 65.6 Å². The van der Waals surface area contributed by atoms with Gasteiger partial charge in [-0.25, -0.2) is 0 Å². The van der Waals surface area contributed by atoms with Crippen molar-refractivity contribution in [2.45, 2.75) is 61.3 Å². The van der Waals surface area contributed by atoms with E-state index in [1.807, 2.05) is 6.07 Å². The van der Waals surface area contributed by atoms with E-state index < -0.39 is 0 Å². The molecular formula is C22H28Hf-2. The van der Waals surface area contributed by atoms with Crippen molar-refractivity contribution in [3.05, 3.63) is 68.8 Å². The molecule has 0 saturated heterocycles. The van der Waals surface area contributed by atoms with Crippen molar-refractivity contribution in [3.63, 3.8) is 0 Å². The van der Waals surface area contributed by atoms with Crippen molar-refractivity contribution in [3.8, 4) is 0 Å². The minimum Gasteiger partial charge on any atom is -0.196 e. The molecular weight excluding hydrogens is 443 g/mol. The number of allylic oxidation sites excluding steroid dienone is 2. The number of benzene rings is 1. The molecule has 0 amide bonds. The van der Waals surface area contributed by atoms with Gasteiger partial charge in [-0.2, -0.15) is 27.8 Å². The van der Waals surface area contributed by atoms with Gasteiger partial charge in [0.2, 0.25) is 0 Å². The molecule has 0 heterocycles. The van der Waals surface area contributed by atoms with E-state index in [9.17, 15) is 0 Å². The third-order valence-corrected chi connectivity index (χ3v) is 5.78. The maximum absolute atomic E-state index is 3.30. The van der Waals surface area contributed by atoms with Crippen LogP contribution in [-0.4, -0.2) is 0 Å². The summed E-state index contributed by atoms with van der Waals surface area (Å²) in [4.78, 5) is 0. The normalized spacial score (nSPS) is 15.7. The molecule has 1 aliphatic rings. The first kappa shape index (κ1) is 20.2. The fourth-order valence-electron chi connectivity index (χ4n) is 3.30. The summed E-state index contributed by atoms with van der Waals surface area (Å²) in [6.45, 7) is 17.7. The van der Waals surface area contributed by atoms with Crippen LogP contribution in [0, 0.1) is 40.7 Å². The van der Waals surface area contributed by atoms with Gasteiger partial charge in [-0.1, -0.05) is 55.4 Å². The average molecular weight is 471 g/mol. The fourth-order valence-corrected chi connectivity index (χ4v) is 3.30. The summed E-state index contributed by atoms with van der Waals surface area (Å²) in [5, 5.41) is 0. The smallest absolute Gasteiger partial charge is 0 e. The van der Waals surface area contributed by atoms with Crippen LogP contribution in [0.15, 0.2) is 23.8 Å². The first-order chi connectivity index (χ1) is 10.3. The number of fused-ring (bicyclic) bond motifs is 1. The van der Waals surface area contributed by atoms with Gasteiger partial charge in [-0.15, -0.1) is 46.5 Å². The SMILES string of the molecule is CC1=C(C)C(C)c2ccc[c-]c21.Cc1c(C)c(C)[c-](C)c1C.[Hf]. The van der Waals surface area contributed by atoms with Crippen molar-refractivity contribution in [1.82, 2.24) is 0 Å². The Morgan fingerprint density at radius 3 is 1.87 bits per heavy atom. The second-order valence-corrected chi connectivity index (χ2v) is 6.66. The maximum Gasteiger partial charge on any atom is 0 e. The van der Waals surface area contributed by atoms with Crippen LogP contribution < -0.4 is 0 Å². The molecule has 0 saturated carbocycles. The Labute approximate surface area is 161 Å². The van der Waals surface area contributed by atoms with Crippen LogP contribution in [0.3, 0.4) is 0 Å². The summed E-state index contributed by atoms with van der Waals surface area (Å²) in [5.41, 5.74) is 13.0. The summed E-state index contributed by atoms with van der Waals surface area (Å²) in [6.07, 6.45) is 0. The van der Waals surface area contributed by atoms with Crippen LogP contribution in [0.5, 0.6) is 0 Å². The maximum atomic E-state index is 3.30. The number of hydrogen-bond acceptors (Lipinski definition) is 0. The van der Waals surface area contributed by atoms with Gasteiger partial charge in [0.05, 0.1) is 0 Å². The van der Waals surface area contributed by atoms with Gasteiger partial charge in [-0.3, -0.25) is 0 Å². The Morgan fingerprint density at radius 1 is 0.957 bits per heavy atom. The zero-order valence-corrected chi connectivity index (χ0v) is 19.4. The standard InChI is InChI=1S/C12H13.C10H15.Hf/c1-8-9(2)11-6-4-5-7-12(11)10(8)3;1-6-7(2)9(4)10(5)8(6)3;/h4-6,9H,1-3H3;1-5H3;/q2*-1;. The molecule has 0 N–H and O–H groups in total. The average Bonchev–Trinajstić information content (AvgIpc) is 2.85. The minimum atomic E-state index is 0. The first-order valence-corrected chi connectivity index (χ1v) is 8.15. The van der Waals surface area contributed by atoms with Crippen LogP contribution in [-0.2, 0) is 25.8 Å². The van der Waals surface area contributed by atoms with Crippen molar-refractivity contribution in [2.75, 3.05) is 0 Å². The first-order valence-electron chi connectivity index (χ1n) is 8.15. The van der Waals surface area contributed by atoms with Gasteiger partial charge in [0.1, 0.15) is 0 Å². The number of hydrogen-bond donors (Lipinski definition) is 0. The molecule has 0 spiro atoms. The number of rotatable bonds is 0. The molecule has 122 valence electrons. The molecule has 0 aromatic heterocycles. The van der Waals surface area contributed by atoms with Crippen molar-refractivity contribution >= 4 is 5.57 Å². The third kappa shape index (κ3) is 3.65. The molecule has 0 aliphatic heterocycles. The monoisotopic (exact) mass is 472 g/mol. The molecule has 0 radical (unpaired) electrons. The van der Waals surface area contributed by atoms with Crippen molar-refractivity contribution in [2.24, 2.45) is 0 Å². The molecule has 0 fully saturated rings. The van der Waals surface area contributed by atoms with Crippen LogP contribution in [0.25, 0.3) is 5.57 Å². The van der Waals surface area contributed by atoms with E-state index in [4.69, 9.17) is 0 Å². The molecule has 2 aromatic carbocycles. The molecule has 1 atom stereocenters. The van der Waals surface area contributed by atoms with Crippen LogP contribution in [0.4, 0.5) is 0 Å². The topological polar surface area (TPSA) is 0 Å². The van der Waals surface area contributed by atoms with E-state index in [1.165, 1.54) is 50.1 Å². The van der Waals surface area contributed by atoms with Gasteiger partial charge in [0, 0.05) is 25.8 Å². The summed E-state index contributed by atoms with van der Waals surface area (Å²) >= 11 is 0. The van der Waals surface area contributed by atoms with E-state index in [0.29, 0.717) is 5.92 Å². The quantitative estimate of drug-likeness (QED) is 0.311. The Hall–Kier alpha value is -0.820. The van der Waals surface area contributed by atoms with Gasteiger partial charge in [0.15, 0.2) is 0 Å². The molecule has 1 unspecified atom stereocenters. The second kappa shape index (κ2) is 7.83. The molecule has 2 aromatic rings. The zero-order chi connectivity index (χ0) is 16.6. The minimum absolute atomic E-state index is 0. The van der Waals surface area contributed by atoms with Gasteiger partial charge < -0.3 is 0 Å².